The van der Waals surface area contributed by atoms with Crippen LogP contribution in [0.1, 0.15) is 36.2 Å². The van der Waals surface area contributed by atoms with E-state index in [0.717, 1.165) is 44.7 Å². The second-order valence-corrected chi connectivity index (χ2v) is 6.61. The molecule has 0 N–H and O–H groups in total. The van der Waals surface area contributed by atoms with Crippen LogP contribution in [-0.4, -0.2) is 70.2 Å². The molecule has 1 aliphatic heterocycles. The van der Waals surface area contributed by atoms with Crippen molar-refractivity contribution in [2.24, 2.45) is 5.92 Å². The fraction of sp³-hybridized carbons (Fsp3) is 0.611. The number of amides is 1. The number of methoxy groups -OCH3 is 1. The van der Waals surface area contributed by atoms with Gasteiger partial charge in [0.15, 0.2) is 5.65 Å². The molecule has 7 heteroatoms. The van der Waals surface area contributed by atoms with Crippen LogP contribution in [0.15, 0.2) is 18.6 Å². The van der Waals surface area contributed by atoms with Crippen molar-refractivity contribution in [3.63, 3.8) is 0 Å². The minimum Gasteiger partial charge on any atom is -0.384 e. The fourth-order valence-corrected chi connectivity index (χ4v) is 3.41. The van der Waals surface area contributed by atoms with Gasteiger partial charge in [-0.05, 0) is 19.5 Å². The molecular weight excluding hydrogens is 318 g/mol. The van der Waals surface area contributed by atoms with Crippen LogP contribution in [0.5, 0.6) is 0 Å². The minimum atomic E-state index is 0.0117. The summed E-state index contributed by atoms with van der Waals surface area (Å²) in [5.74, 6) is 0.432. The van der Waals surface area contributed by atoms with E-state index in [0.29, 0.717) is 23.7 Å². The van der Waals surface area contributed by atoms with Gasteiger partial charge in [0.25, 0.3) is 5.91 Å². The number of carbonyl (C=O) groups excluding carboxylic acids is 1. The Balaban J connectivity index is 1.76. The number of ether oxygens (including phenoxy) is 1. The highest BCUT2D eigenvalue weighted by Crippen LogP contribution is 2.20. The molecule has 2 aromatic rings. The molecule has 1 saturated heterocycles. The molecule has 0 aliphatic carbocycles. The SMILES string of the molecule is CCN(CC)Cc1cnc2c(C(=O)N3CC[C@@H](COC)C3)cnn2c1. The van der Waals surface area contributed by atoms with Crippen molar-refractivity contribution >= 4 is 11.6 Å². The molecule has 1 fully saturated rings. The van der Waals surface area contributed by atoms with E-state index >= 15 is 0 Å². The summed E-state index contributed by atoms with van der Waals surface area (Å²) in [6, 6.07) is 0. The molecule has 1 amide bonds. The largest absolute Gasteiger partial charge is 0.384 e. The van der Waals surface area contributed by atoms with Crippen molar-refractivity contribution in [1.29, 1.82) is 0 Å². The second-order valence-electron chi connectivity index (χ2n) is 6.61. The van der Waals surface area contributed by atoms with Gasteiger partial charge < -0.3 is 9.64 Å². The van der Waals surface area contributed by atoms with E-state index in [1.165, 1.54) is 0 Å². The van der Waals surface area contributed by atoms with Gasteiger partial charge >= 0.3 is 0 Å². The number of rotatable bonds is 7. The number of likely N-dealkylation sites (tertiary alicyclic amines) is 1. The van der Waals surface area contributed by atoms with Crippen molar-refractivity contribution < 1.29 is 9.53 Å². The molecular formula is C18H27N5O2. The molecule has 3 heterocycles. The highest BCUT2D eigenvalue weighted by Gasteiger charge is 2.28. The first-order valence-corrected chi connectivity index (χ1v) is 8.99. The fourth-order valence-electron chi connectivity index (χ4n) is 3.41. The monoisotopic (exact) mass is 345 g/mol. The Labute approximate surface area is 148 Å². The molecule has 0 spiro atoms. The Hall–Kier alpha value is -1.99. The molecule has 1 atom stereocenters. The summed E-state index contributed by atoms with van der Waals surface area (Å²) in [7, 11) is 1.70. The number of nitrogens with zero attached hydrogens (tertiary/aromatic N) is 5. The van der Waals surface area contributed by atoms with Crippen LogP contribution in [0.4, 0.5) is 0 Å². The predicted molar refractivity (Wildman–Crippen MR) is 95.5 cm³/mol. The number of carbonyl (C=O) groups is 1. The first-order chi connectivity index (χ1) is 12.2. The molecule has 136 valence electrons. The van der Waals surface area contributed by atoms with E-state index in [-0.39, 0.29) is 5.91 Å². The zero-order valence-electron chi connectivity index (χ0n) is 15.3. The molecule has 0 saturated carbocycles. The van der Waals surface area contributed by atoms with E-state index in [1.54, 1.807) is 17.8 Å². The number of fused-ring (bicyclic) bond motifs is 1. The third-order valence-corrected chi connectivity index (χ3v) is 4.92. The van der Waals surface area contributed by atoms with Gasteiger partial charge in [-0.3, -0.25) is 9.69 Å². The molecule has 1 aliphatic rings. The number of hydrogen-bond acceptors (Lipinski definition) is 5. The highest BCUT2D eigenvalue weighted by molar-refractivity contribution is 5.99. The summed E-state index contributed by atoms with van der Waals surface area (Å²) >= 11 is 0. The van der Waals surface area contributed by atoms with Crippen molar-refractivity contribution in [2.75, 3.05) is 39.9 Å². The molecule has 0 aromatic carbocycles. The zero-order chi connectivity index (χ0) is 17.8. The Morgan fingerprint density at radius 1 is 1.36 bits per heavy atom. The molecule has 25 heavy (non-hydrogen) atoms. The van der Waals surface area contributed by atoms with E-state index in [2.05, 4.69) is 28.8 Å². The first-order valence-electron chi connectivity index (χ1n) is 8.99. The van der Waals surface area contributed by atoms with Gasteiger partial charge in [0, 0.05) is 50.6 Å². The molecule has 0 bridgehead atoms. The summed E-state index contributed by atoms with van der Waals surface area (Å²) in [6.07, 6.45) is 6.44. The van der Waals surface area contributed by atoms with Gasteiger partial charge in [0.1, 0.15) is 5.56 Å². The summed E-state index contributed by atoms with van der Waals surface area (Å²) in [5, 5.41) is 4.35. The minimum absolute atomic E-state index is 0.0117. The molecule has 0 unspecified atom stereocenters. The Morgan fingerprint density at radius 3 is 2.88 bits per heavy atom. The lowest BCUT2D eigenvalue weighted by atomic mass is 10.1. The smallest absolute Gasteiger partial charge is 0.259 e. The van der Waals surface area contributed by atoms with Crippen LogP contribution in [0, 0.1) is 5.92 Å². The summed E-state index contributed by atoms with van der Waals surface area (Å²) < 4.78 is 6.92. The van der Waals surface area contributed by atoms with Crippen molar-refractivity contribution in [2.45, 2.75) is 26.8 Å². The lowest BCUT2D eigenvalue weighted by molar-refractivity contribution is 0.0777. The molecule has 0 radical (unpaired) electrons. The van der Waals surface area contributed by atoms with Gasteiger partial charge in [-0.25, -0.2) is 9.50 Å². The lowest BCUT2D eigenvalue weighted by Crippen LogP contribution is -2.29. The maximum atomic E-state index is 12.8. The predicted octanol–water partition coefficient (Wildman–Crippen LogP) is 1.68. The standard InChI is InChI=1S/C18H27N5O2/c1-4-21(5-2)10-15-8-19-17-16(9-20-23(17)12-15)18(24)22-7-6-14(11-22)13-25-3/h8-9,12,14H,4-7,10-11,13H2,1-3H3/t14-/m1/s1. The zero-order valence-corrected chi connectivity index (χ0v) is 15.3. The van der Waals surface area contributed by atoms with Gasteiger partial charge in [-0.2, -0.15) is 5.10 Å². The van der Waals surface area contributed by atoms with Crippen LogP contribution >= 0.6 is 0 Å². The van der Waals surface area contributed by atoms with Crippen molar-refractivity contribution in [3.8, 4) is 0 Å². The quantitative estimate of drug-likeness (QED) is 0.764. The first kappa shape index (κ1) is 17.8. The van der Waals surface area contributed by atoms with Crippen LogP contribution in [0.2, 0.25) is 0 Å². The number of aromatic nitrogens is 3. The van der Waals surface area contributed by atoms with Gasteiger partial charge in [0.05, 0.1) is 12.8 Å². The number of hydrogen-bond donors (Lipinski definition) is 0. The topological polar surface area (TPSA) is 63.0 Å². The van der Waals surface area contributed by atoms with Gasteiger partial charge in [-0.1, -0.05) is 13.8 Å². The van der Waals surface area contributed by atoms with E-state index < -0.39 is 0 Å². The third kappa shape index (κ3) is 3.82. The summed E-state index contributed by atoms with van der Waals surface area (Å²) in [6.45, 7) is 9.33. The maximum absolute atomic E-state index is 12.8. The van der Waals surface area contributed by atoms with Gasteiger partial charge in [0.2, 0.25) is 0 Å². The maximum Gasteiger partial charge on any atom is 0.259 e. The van der Waals surface area contributed by atoms with E-state index in [1.807, 2.05) is 17.3 Å². The Bertz CT molecular complexity index is 725. The average molecular weight is 345 g/mol. The van der Waals surface area contributed by atoms with Crippen molar-refractivity contribution in [1.82, 2.24) is 24.4 Å². The molecule has 3 rings (SSSR count). The Kier molecular flexibility index (Phi) is 5.65. The highest BCUT2D eigenvalue weighted by atomic mass is 16.5. The van der Waals surface area contributed by atoms with Crippen LogP contribution in [-0.2, 0) is 11.3 Å². The van der Waals surface area contributed by atoms with Gasteiger partial charge in [-0.15, -0.1) is 0 Å². The van der Waals surface area contributed by atoms with E-state index in [9.17, 15) is 4.79 Å². The van der Waals surface area contributed by atoms with Crippen LogP contribution < -0.4 is 0 Å². The Morgan fingerprint density at radius 2 is 2.16 bits per heavy atom. The van der Waals surface area contributed by atoms with E-state index in [4.69, 9.17) is 4.74 Å². The van der Waals surface area contributed by atoms with Crippen molar-refractivity contribution in [3.05, 3.63) is 29.7 Å². The lowest BCUT2D eigenvalue weighted by Gasteiger charge is -2.17. The molecule has 2 aromatic heterocycles. The van der Waals surface area contributed by atoms with Crippen LogP contribution in [0.25, 0.3) is 5.65 Å². The normalized spacial score (nSPS) is 17.8. The summed E-state index contributed by atoms with van der Waals surface area (Å²) in [5.41, 5.74) is 2.30. The third-order valence-electron chi connectivity index (χ3n) is 4.92. The average Bonchev–Trinajstić information content (AvgIpc) is 3.26. The van der Waals surface area contributed by atoms with Crippen LogP contribution in [0.3, 0.4) is 0 Å². The second kappa shape index (κ2) is 7.93. The summed E-state index contributed by atoms with van der Waals surface area (Å²) in [4.78, 5) is 21.5. The molecule has 7 nitrogen and oxygen atoms in total.